The standard InChI is InChI=1S/C12H14ClNO2/c1-8-11(7-13)12(8,2)9-4-3-5-10(6-9)14(15)16/h3-6,8,11H,7H2,1-2H3. The summed E-state index contributed by atoms with van der Waals surface area (Å²) in [6, 6.07) is 6.89. The molecule has 0 N–H and O–H groups in total. The molecule has 1 aromatic rings. The minimum atomic E-state index is -0.352. The van der Waals surface area contributed by atoms with Crippen molar-refractivity contribution < 1.29 is 4.92 Å². The van der Waals surface area contributed by atoms with E-state index in [9.17, 15) is 10.1 Å². The minimum Gasteiger partial charge on any atom is -0.258 e. The highest BCUT2D eigenvalue weighted by Gasteiger charge is 2.58. The molecule has 1 aliphatic rings. The molecule has 3 unspecified atom stereocenters. The minimum absolute atomic E-state index is 0.00771. The number of non-ortho nitro benzene ring substituents is 1. The van der Waals surface area contributed by atoms with Crippen LogP contribution in [0.15, 0.2) is 24.3 Å². The highest BCUT2D eigenvalue weighted by atomic mass is 35.5. The summed E-state index contributed by atoms with van der Waals surface area (Å²) in [6.45, 7) is 4.27. The van der Waals surface area contributed by atoms with Crippen LogP contribution in [0, 0.1) is 22.0 Å². The third-order valence-electron chi connectivity index (χ3n) is 4.06. The normalized spacial score (nSPS) is 32.4. The van der Waals surface area contributed by atoms with Gasteiger partial charge >= 0.3 is 0 Å². The van der Waals surface area contributed by atoms with Crippen molar-refractivity contribution in [2.75, 3.05) is 5.88 Å². The van der Waals surface area contributed by atoms with Gasteiger partial charge in [-0.15, -0.1) is 11.6 Å². The molecule has 1 aliphatic carbocycles. The van der Waals surface area contributed by atoms with E-state index < -0.39 is 0 Å². The van der Waals surface area contributed by atoms with Gasteiger partial charge < -0.3 is 0 Å². The van der Waals surface area contributed by atoms with Gasteiger partial charge in [0.2, 0.25) is 0 Å². The molecule has 0 heterocycles. The first-order chi connectivity index (χ1) is 7.51. The number of hydrogen-bond donors (Lipinski definition) is 0. The first-order valence-corrected chi connectivity index (χ1v) is 5.86. The average molecular weight is 240 g/mol. The summed E-state index contributed by atoms with van der Waals surface area (Å²) < 4.78 is 0. The quantitative estimate of drug-likeness (QED) is 0.461. The molecule has 1 aromatic carbocycles. The van der Waals surface area contributed by atoms with E-state index in [4.69, 9.17) is 11.6 Å². The highest BCUT2D eigenvalue weighted by Crippen LogP contribution is 2.60. The van der Waals surface area contributed by atoms with Crippen molar-refractivity contribution in [3.8, 4) is 0 Å². The molecule has 0 radical (unpaired) electrons. The van der Waals surface area contributed by atoms with Crippen molar-refractivity contribution >= 4 is 17.3 Å². The Hall–Kier alpha value is -1.09. The van der Waals surface area contributed by atoms with Crippen molar-refractivity contribution in [1.82, 2.24) is 0 Å². The van der Waals surface area contributed by atoms with Crippen LogP contribution in [0.2, 0.25) is 0 Å². The van der Waals surface area contributed by atoms with E-state index in [-0.39, 0.29) is 16.0 Å². The zero-order chi connectivity index (χ0) is 11.9. The monoisotopic (exact) mass is 239 g/mol. The molecule has 0 saturated heterocycles. The lowest BCUT2D eigenvalue weighted by Gasteiger charge is -2.11. The highest BCUT2D eigenvalue weighted by molar-refractivity contribution is 6.18. The SMILES string of the molecule is CC1C(CCl)C1(C)c1cccc([N+](=O)[O-])c1. The van der Waals surface area contributed by atoms with Gasteiger partial charge in [-0.3, -0.25) is 10.1 Å². The Labute approximate surface area is 99.6 Å². The van der Waals surface area contributed by atoms with E-state index in [1.54, 1.807) is 12.1 Å². The van der Waals surface area contributed by atoms with Crippen LogP contribution in [-0.2, 0) is 5.41 Å². The zero-order valence-electron chi connectivity index (χ0n) is 9.31. The molecule has 0 aromatic heterocycles. The van der Waals surface area contributed by atoms with Gasteiger partial charge in [0.1, 0.15) is 0 Å². The van der Waals surface area contributed by atoms with Gasteiger partial charge in [-0.25, -0.2) is 0 Å². The van der Waals surface area contributed by atoms with Gasteiger partial charge in [0, 0.05) is 18.0 Å². The topological polar surface area (TPSA) is 43.1 Å². The van der Waals surface area contributed by atoms with Crippen LogP contribution in [0.25, 0.3) is 0 Å². The summed E-state index contributed by atoms with van der Waals surface area (Å²) in [5, 5.41) is 10.7. The summed E-state index contributed by atoms with van der Waals surface area (Å²) >= 11 is 5.90. The van der Waals surface area contributed by atoms with Crippen LogP contribution >= 0.6 is 11.6 Å². The van der Waals surface area contributed by atoms with Crippen molar-refractivity contribution in [1.29, 1.82) is 0 Å². The number of benzene rings is 1. The Kier molecular flexibility index (Phi) is 2.66. The van der Waals surface area contributed by atoms with Gasteiger partial charge in [0.05, 0.1) is 4.92 Å². The van der Waals surface area contributed by atoms with Crippen molar-refractivity contribution in [2.24, 2.45) is 11.8 Å². The van der Waals surface area contributed by atoms with E-state index >= 15 is 0 Å². The number of hydrogen-bond acceptors (Lipinski definition) is 2. The van der Waals surface area contributed by atoms with Crippen LogP contribution in [0.5, 0.6) is 0 Å². The Morgan fingerprint density at radius 2 is 2.25 bits per heavy atom. The van der Waals surface area contributed by atoms with Crippen LogP contribution < -0.4 is 0 Å². The number of nitro groups is 1. The maximum atomic E-state index is 10.7. The summed E-state index contributed by atoms with van der Waals surface area (Å²) in [7, 11) is 0. The number of alkyl halides is 1. The molecule has 0 bridgehead atoms. The van der Waals surface area contributed by atoms with E-state index in [1.807, 2.05) is 6.07 Å². The van der Waals surface area contributed by atoms with Gasteiger partial charge in [-0.1, -0.05) is 26.0 Å². The fraction of sp³-hybridized carbons (Fsp3) is 0.500. The predicted molar refractivity (Wildman–Crippen MR) is 63.8 cm³/mol. The third-order valence-corrected chi connectivity index (χ3v) is 4.39. The van der Waals surface area contributed by atoms with Gasteiger partial charge in [-0.05, 0) is 22.8 Å². The molecule has 86 valence electrons. The molecule has 2 rings (SSSR count). The first kappa shape index (κ1) is 11.4. The molecule has 4 heteroatoms. The lowest BCUT2D eigenvalue weighted by atomic mass is 9.94. The third kappa shape index (κ3) is 1.50. The largest absolute Gasteiger partial charge is 0.269 e. The summed E-state index contributed by atoms with van der Waals surface area (Å²) in [5.41, 5.74) is 1.19. The fourth-order valence-electron chi connectivity index (χ4n) is 2.56. The van der Waals surface area contributed by atoms with Crippen LogP contribution in [-0.4, -0.2) is 10.8 Å². The summed E-state index contributed by atoms with van der Waals surface area (Å²) in [4.78, 5) is 10.4. The van der Waals surface area contributed by atoms with Gasteiger partial charge in [0.25, 0.3) is 5.69 Å². The smallest absolute Gasteiger partial charge is 0.258 e. The van der Waals surface area contributed by atoms with Crippen LogP contribution in [0.1, 0.15) is 19.4 Å². The molecule has 1 fully saturated rings. The first-order valence-electron chi connectivity index (χ1n) is 5.32. The second kappa shape index (κ2) is 3.74. The summed E-state index contributed by atoms with van der Waals surface area (Å²) in [6.07, 6.45) is 0. The molecular weight excluding hydrogens is 226 g/mol. The Morgan fingerprint density at radius 1 is 1.56 bits per heavy atom. The lowest BCUT2D eigenvalue weighted by molar-refractivity contribution is -0.384. The Morgan fingerprint density at radius 3 is 2.75 bits per heavy atom. The van der Waals surface area contributed by atoms with E-state index in [2.05, 4.69) is 13.8 Å². The lowest BCUT2D eigenvalue weighted by Crippen LogP contribution is -2.06. The Bertz CT molecular complexity index is 435. The molecule has 0 spiro atoms. The summed E-state index contributed by atoms with van der Waals surface area (Å²) in [5.74, 6) is 1.53. The second-order valence-corrected chi connectivity index (χ2v) is 4.95. The maximum Gasteiger partial charge on any atom is 0.269 e. The van der Waals surface area contributed by atoms with E-state index in [0.29, 0.717) is 17.7 Å². The number of nitrogens with zero attached hydrogens (tertiary/aromatic N) is 1. The van der Waals surface area contributed by atoms with E-state index in [0.717, 1.165) is 5.56 Å². The molecule has 3 atom stereocenters. The second-order valence-electron chi connectivity index (χ2n) is 4.64. The van der Waals surface area contributed by atoms with Crippen molar-refractivity contribution in [3.05, 3.63) is 39.9 Å². The molecule has 1 saturated carbocycles. The molecule has 16 heavy (non-hydrogen) atoms. The van der Waals surface area contributed by atoms with Gasteiger partial charge in [-0.2, -0.15) is 0 Å². The molecule has 0 amide bonds. The van der Waals surface area contributed by atoms with Crippen LogP contribution in [0.3, 0.4) is 0 Å². The van der Waals surface area contributed by atoms with Crippen molar-refractivity contribution in [3.63, 3.8) is 0 Å². The van der Waals surface area contributed by atoms with E-state index in [1.165, 1.54) is 6.07 Å². The molecule has 3 nitrogen and oxygen atoms in total. The van der Waals surface area contributed by atoms with Crippen LogP contribution in [0.4, 0.5) is 5.69 Å². The Balaban J connectivity index is 2.35. The van der Waals surface area contributed by atoms with Gasteiger partial charge in [0.15, 0.2) is 0 Å². The number of nitro benzene ring substituents is 1. The predicted octanol–water partition coefficient (Wildman–Crippen LogP) is 3.36. The average Bonchev–Trinajstić information content (AvgIpc) is 2.82. The number of halogens is 1. The van der Waals surface area contributed by atoms with Crippen molar-refractivity contribution in [2.45, 2.75) is 19.3 Å². The number of rotatable bonds is 3. The fourth-order valence-corrected chi connectivity index (χ4v) is 3.15. The zero-order valence-corrected chi connectivity index (χ0v) is 10.1. The molecule has 0 aliphatic heterocycles. The molecular formula is C12H14ClNO2. The maximum absolute atomic E-state index is 10.7.